The monoisotopic (exact) mass is 248 g/mol. The van der Waals surface area contributed by atoms with Crippen molar-refractivity contribution in [3.8, 4) is 5.75 Å². The molecule has 2 heteroatoms. The normalized spacial score (nSPS) is 21.2. The third-order valence-corrected chi connectivity index (χ3v) is 3.83. The number of hydrogen-bond acceptors (Lipinski definition) is 2. The zero-order chi connectivity index (χ0) is 13.2. The van der Waals surface area contributed by atoms with Gasteiger partial charge in [-0.1, -0.05) is 38.3 Å². The Balaban J connectivity index is 2.32. The smallest absolute Gasteiger partial charge is 0.125 e. The third-order valence-electron chi connectivity index (χ3n) is 3.83. The van der Waals surface area contributed by atoms with Crippen LogP contribution >= 0.6 is 0 Å². The molecule has 1 aromatic carbocycles. The fourth-order valence-electron chi connectivity index (χ4n) is 3.10. The Labute approximate surface area is 110 Å². The largest absolute Gasteiger partial charge is 0.487 e. The predicted octanol–water partition coefficient (Wildman–Crippen LogP) is 4.15. The Morgan fingerprint density at radius 3 is 2.56 bits per heavy atom. The van der Waals surface area contributed by atoms with Crippen molar-refractivity contribution in [2.24, 2.45) is 0 Å². The molecular weight excluding hydrogens is 224 g/mol. The van der Waals surface area contributed by atoms with Crippen LogP contribution in [0, 0.1) is 6.92 Å². The zero-order valence-electron chi connectivity index (χ0n) is 11.7. The predicted molar refractivity (Wildman–Crippen MR) is 73.9 cm³/mol. The van der Waals surface area contributed by atoms with E-state index in [9.17, 15) is 5.11 Å². The molecule has 0 saturated carbocycles. The van der Waals surface area contributed by atoms with E-state index < -0.39 is 0 Å². The third kappa shape index (κ3) is 2.54. The van der Waals surface area contributed by atoms with E-state index in [4.69, 9.17) is 4.74 Å². The van der Waals surface area contributed by atoms with Gasteiger partial charge in [0.2, 0.25) is 0 Å². The number of benzene rings is 1. The maximum Gasteiger partial charge on any atom is 0.125 e. The summed E-state index contributed by atoms with van der Waals surface area (Å²) in [4.78, 5) is 0. The van der Waals surface area contributed by atoms with Crippen molar-refractivity contribution in [3.05, 3.63) is 29.3 Å². The Morgan fingerprint density at radius 1 is 1.28 bits per heavy atom. The topological polar surface area (TPSA) is 29.5 Å². The Morgan fingerprint density at radius 2 is 1.94 bits per heavy atom. The van der Waals surface area contributed by atoms with E-state index in [0.29, 0.717) is 0 Å². The maximum absolute atomic E-state index is 10.4. The van der Waals surface area contributed by atoms with Crippen molar-refractivity contribution >= 4 is 0 Å². The van der Waals surface area contributed by atoms with Crippen molar-refractivity contribution in [2.75, 3.05) is 0 Å². The summed E-state index contributed by atoms with van der Waals surface area (Å²) in [6, 6.07) is 6.11. The molecule has 0 bridgehead atoms. The Bertz CT molecular complexity index is 406. The molecule has 2 rings (SSSR count). The summed E-state index contributed by atoms with van der Waals surface area (Å²) in [6.07, 6.45) is 4.57. The van der Waals surface area contributed by atoms with E-state index in [1.807, 2.05) is 19.1 Å². The number of rotatable bonds is 4. The van der Waals surface area contributed by atoms with Crippen LogP contribution in [0.4, 0.5) is 0 Å². The second-order valence-electron chi connectivity index (χ2n) is 5.55. The molecule has 0 aliphatic carbocycles. The van der Waals surface area contributed by atoms with Gasteiger partial charge in [0.15, 0.2) is 0 Å². The van der Waals surface area contributed by atoms with E-state index in [-0.39, 0.29) is 11.7 Å². The number of ether oxygens (including phenoxy) is 1. The molecule has 1 heterocycles. The van der Waals surface area contributed by atoms with E-state index in [2.05, 4.69) is 19.9 Å². The first-order chi connectivity index (χ1) is 8.60. The summed E-state index contributed by atoms with van der Waals surface area (Å²) in [5.74, 6) is 0.876. The van der Waals surface area contributed by atoms with Crippen LogP contribution in [0.2, 0.25) is 0 Å². The van der Waals surface area contributed by atoms with Crippen LogP contribution in [-0.2, 0) is 0 Å². The van der Waals surface area contributed by atoms with Gasteiger partial charge in [-0.3, -0.25) is 0 Å². The molecule has 18 heavy (non-hydrogen) atoms. The van der Waals surface area contributed by atoms with Crippen LogP contribution in [0.5, 0.6) is 5.75 Å². The summed E-state index contributed by atoms with van der Waals surface area (Å²) in [5, 5.41) is 10.4. The molecular formula is C16H24O2. The van der Waals surface area contributed by atoms with Crippen molar-refractivity contribution < 1.29 is 9.84 Å². The molecule has 0 aromatic heterocycles. The summed E-state index contributed by atoms with van der Waals surface area (Å²) in [6.45, 7) is 6.41. The molecule has 1 aliphatic heterocycles. The van der Waals surface area contributed by atoms with E-state index in [1.54, 1.807) is 0 Å². The highest BCUT2D eigenvalue weighted by Gasteiger charge is 2.38. The minimum Gasteiger partial charge on any atom is -0.487 e. The zero-order valence-corrected chi connectivity index (χ0v) is 11.7. The minimum atomic E-state index is -0.383. The van der Waals surface area contributed by atoms with E-state index in [1.165, 1.54) is 5.56 Å². The van der Waals surface area contributed by atoms with Gasteiger partial charge in [0.1, 0.15) is 11.4 Å². The fourth-order valence-corrected chi connectivity index (χ4v) is 3.10. The molecule has 1 unspecified atom stereocenters. The molecule has 2 nitrogen and oxygen atoms in total. The number of hydrogen-bond donors (Lipinski definition) is 1. The van der Waals surface area contributed by atoms with E-state index in [0.717, 1.165) is 43.4 Å². The lowest BCUT2D eigenvalue weighted by Gasteiger charge is -2.41. The second kappa shape index (κ2) is 5.31. The molecule has 1 atom stereocenters. The van der Waals surface area contributed by atoms with Gasteiger partial charge in [-0.05, 0) is 31.9 Å². The Hall–Kier alpha value is -1.02. The number of fused-ring (bicyclic) bond motifs is 1. The minimum absolute atomic E-state index is 0.162. The van der Waals surface area contributed by atoms with Crippen LogP contribution in [0.1, 0.15) is 63.2 Å². The van der Waals surface area contributed by atoms with Gasteiger partial charge in [0.05, 0.1) is 6.10 Å². The second-order valence-corrected chi connectivity index (χ2v) is 5.55. The Kier molecular flexibility index (Phi) is 3.96. The first kappa shape index (κ1) is 13.4. The molecule has 100 valence electrons. The quantitative estimate of drug-likeness (QED) is 0.867. The number of aliphatic hydroxyl groups excluding tert-OH is 1. The lowest BCUT2D eigenvalue weighted by Crippen LogP contribution is -2.41. The van der Waals surface area contributed by atoms with Crippen LogP contribution in [0.3, 0.4) is 0 Å². The van der Waals surface area contributed by atoms with Gasteiger partial charge in [-0.2, -0.15) is 0 Å². The highest BCUT2D eigenvalue weighted by atomic mass is 16.5. The SMILES string of the molecule is CCCC1(CCC)CC(O)c2cc(C)ccc2O1. The molecule has 0 spiro atoms. The van der Waals surface area contributed by atoms with Gasteiger partial charge in [0, 0.05) is 12.0 Å². The standard InChI is InChI=1S/C16H24O2/c1-4-8-16(9-5-2)11-14(17)13-10-12(3)6-7-15(13)18-16/h6-7,10,14,17H,4-5,8-9,11H2,1-3H3. The van der Waals surface area contributed by atoms with Crippen molar-refractivity contribution in [1.29, 1.82) is 0 Å². The van der Waals surface area contributed by atoms with Gasteiger partial charge >= 0.3 is 0 Å². The summed E-state index contributed by atoms with van der Waals surface area (Å²) >= 11 is 0. The molecule has 0 amide bonds. The highest BCUT2D eigenvalue weighted by Crippen LogP contribution is 2.44. The van der Waals surface area contributed by atoms with Crippen molar-refractivity contribution in [1.82, 2.24) is 0 Å². The van der Waals surface area contributed by atoms with Crippen molar-refractivity contribution in [3.63, 3.8) is 0 Å². The first-order valence-electron chi connectivity index (χ1n) is 7.08. The highest BCUT2D eigenvalue weighted by molar-refractivity contribution is 5.40. The summed E-state index contributed by atoms with van der Waals surface area (Å²) in [5.41, 5.74) is 1.97. The van der Waals surface area contributed by atoms with E-state index >= 15 is 0 Å². The van der Waals surface area contributed by atoms with Crippen LogP contribution in [0.15, 0.2) is 18.2 Å². The van der Waals surface area contributed by atoms with Crippen molar-refractivity contribution in [2.45, 2.75) is 64.6 Å². The summed E-state index contributed by atoms with van der Waals surface area (Å²) in [7, 11) is 0. The van der Waals surface area contributed by atoms with Crippen LogP contribution < -0.4 is 4.74 Å². The number of aryl methyl sites for hydroxylation is 1. The maximum atomic E-state index is 10.4. The van der Waals surface area contributed by atoms with Gasteiger partial charge < -0.3 is 9.84 Å². The van der Waals surface area contributed by atoms with Gasteiger partial charge in [-0.15, -0.1) is 0 Å². The summed E-state index contributed by atoms with van der Waals surface area (Å²) < 4.78 is 6.27. The lowest BCUT2D eigenvalue weighted by atomic mass is 9.82. The van der Waals surface area contributed by atoms with Gasteiger partial charge in [-0.25, -0.2) is 0 Å². The lowest BCUT2D eigenvalue weighted by molar-refractivity contribution is -0.0268. The number of aliphatic hydroxyl groups is 1. The fraction of sp³-hybridized carbons (Fsp3) is 0.625. The molecule has 1 aliphatic rings. The molecule has 1 N–H and O–H groups in total. The van der Waals surface area contributed by atoms with Gasteiger partial charge in [0.25, 0.3) is 0 Å². The van der Waals surface area contributed by atoms with Crippen LogP contribution in [0.25, 0.3) is 0 Å². The molecule has 0 radical (unpaired) electrons. The molecule has 0 fully saturated rings. The molecule has 0 saturated heterocycles. The van der Waals surface area contributed by atoms with Crippen LogP contribution in [-0.4, -0.2) is 10.7 Å². The first-order valence-corrected chi connectivity index (χ1v) is 7.08. The average molecular weight is 248 g/mol. The molecule has 1 aromatic rings. The average Bonchev–Trinajstić information content (AvgIpc) is 2.31.